The number of ether oxygens (including phenoxy) is 1. The first-order valence-electron chi connectivity index (χ1n) is 8.13. The highest BCUT2D eigenvalue weighted by Gasteiger charge is 2.49. The van der Waals surface area contributed by atoms with Crippen LogP contribution in [0.15, 0.2) is 36.7 Å². The summed E-state index contributed by atoms with van der Waals surface area (Å²) < 4.78 is 6.55. The molecule has 2 aromatic heterocycles. The van der Waals surface area contributed by atoms with Crippen molar-refractivity contribution < 1.29 is 4.74 Å². The van der Waals surface area contributed by atoms with Crippen molar-refractivity contribution in [2.24, 2.45) is 0 Å². The van der Waals surface area contributed by atoms with Crippen LogP contribution in [0.5, 0.6) is 0 Å². The van der Waals surface area contributed by atoms with Gasteiger partial charge in [0, 0.05) is 52.3 Å². The monoisotopic (exact) mass is 346 g/mol. The minimum Gasteiger partial charge on any atom is -0.373 e. The van der Waals surface area contributed by atoms with Crippen LogP contribution >= 0.6 is 23.1 Å². The number of nitrogens with zero attached hydrogens (tertiary/aromatic N) is 2. The first kappa shape index (κ1) is 15.6. The maximum Gasteiger partial charge on any atom is 0.0736 e. The van der Waals surface area contributed by atoms with E-state index in [1.165, 1.54) is 34.8 Å². The van der Waals surface area contributed by atoms with Crippen molar-refractivity contribution in [2.75, 3.05) is 18.8 Å². The van der Waals surface area contributed by atoms with Crippen molar-refractivity contribution in [1.82, 2.24) is 9.88 Å². The van der Waals surface area contributed by atoms with Gasteiger partial charge >= 0.3 is 0 Å². The Morgan fingerprint density at radius 1 is 1.35 bits per heavy atom. The predicted octanol–water partition coefficient (Wildman–Crippen LogP) is 3.73. The second kappa shape index (κ2) is 6.55. The molecule has 2 aromatic rings. The molecule has 2 aliphatic heterocycles. The molecule has 2 fully saturated rings. The molecule has 1 atom stereocenters. The van der Waals surface area contributed by atoms with Crippen LogP contribution in [0.2, 0.25) is 0 Å². The maximum absolute atomic E-state index is 6.10. The molecule has 0 N–H and O–H groups in total. The molecule has 0 radical (unpaired) electrons. The van der Waals surface area contributed by atoms with Crippen LogP contribution in [0.1, 0.15) is 21.7 Å². The van der Waals surface area contributed by atoms with Crippen molar-refractivity contribution in [3.8, 4) is 0 Å². The van der Waals surface area contributed by atoms with Gasteiger partial charge in [0.25, 0.3) is 0 Å². The zero-order valence-corrected chi connectivity index (χ0v) is 15.0. The summed E-state index contributed by atoms with van der Waals surface area (Å²) in [4.78, 5) is 9.62. The number of likely N-dealkylation sites (tertiary alicyclic amines) is 1. The van der Waals surface area contributed by atoms with Crippen molar-refractivity contribution in [2.45, 2.75) is 37.3 Å². The Kier molecular flexibility index (Phi) is 4.46. The Balaban J connectivity index is 1.23. The Labute approximate surface area is 146 Å². The number of rotatable bonds is 5. The smallest absolute Gasteiger partial charge is 0.0736 e. The van der Waals surface area contributed by atoms with Crippen LogP contribution in [0.25, 0.3) is 0 Å². The minimum atomic E-state index is 0.395. The largest absolute Gasteiger partial charge is 0.373 e. The number of hydrogen-bond donors (Lipinski definition) is 0. The summed E-state index contributed by atoms with van der Waals surface area (Å²) in [6.07, 6.45) is 5.29. The molecule has 4 rings (SSSR count). The van der Waals surface area contributed by atoms with E-state index < -0.39 is 0 Å². The molecule has 0 unspecified atom stereocenters. The molecule has 0 amide bonds. The highest BCUT2D eigenvalue weighted by Crippen LogP contribution is 2.46. The van der Waals surface area contributed by atoms with E-state index in [1.54, 1.807) is 0 Å². The van der Waals surface area contributed by atoms with Crippen LogP contribution in [-0.4, -0.2) is 39.6 Å². The van der Waals surface area contributed by atoms with E-state index >= 15 is 0 Å². The summed E-state index contributed by atoms with van der Waals surface area (Å²) in [7, 11) is 0. The van der Waals surface area contributed by atoms with Crippen molar-refractivity contribution in [1.29, 1.82) is 0 Å². The maximum atomic E-state index is 6.10. The van der Waals surface area contributed by atoms with Crippen LogP contribution in [0.3, 0.4) is 0 Å². The molecule has 1 spiro atoms. The summed E-state index contributed by atoms with van der Waals surface area (Å²) in [5.74, 6) is 1.13. The summed E-state index contributed by atoms with van der Waals surface area (Å²) in [6, 6.07) is 8.55. The second-order valence-electron chi connectivity index (χ2n) is 6.65. The summed E-state index contributed by atoms with van der Waals surface area (Å²) in [6.45, 7) is 6.40. The molecule has 122 valence electrons. The molecule has 0 saturated carbocycles. The molecular formula is C18H22N2OS2. The molecule has 3 nitrogen and oxygen atoms in total. The van der Waals surface area contributed by atoms with Crippen molar-refractivity contribution >= 4 is 23.1 Å². The quantitative estimate of drug-likeness (QED) is 0.824. The first-order chi connectivity index (χ1) is 11.2. The number of aromatic nitrogens is 1. The third-order valence-corrected chi connectivity index (χ3v) is 7.14. The summed E-state index contributed by atoms with van der Waals surface area (Å²) >= 11 is 4.04. The average Bonchev–Trinajstić information content (AvgIpc) is 3.13. The van der Waals surface area contributed by atoms with Gasteiger partial charge in [-0.25, -0.2) is 0 Å². The van der Waals surface area contributed by atoms with Crippen LogP contribution in [0.4, 0.5) is 0 Å². The summed E-state index contributed by atoms with van der Waals surface area (Å²) in [5.41, 5.74) is 1.17. The second-order valence-corrected chi connectivity index (χ2v) is 9.51. The normalized spacial score (nSPS) is 23.3. The fourth-order valence-electron chi connectivity index (χ4n) is 3.50. The molecule has 4 heterocycles. The molecule has 0 bridgehead atoms. The van der Waals surface area contributed by atoms with Gasteiger partial charge in [0.15, 0.2) is 0 Å². The number of aryl methyl sites for hydroxylation is 1. The van der Waals surface area contributed by atoms with E-state index in [-0.39, 0.29) is 0 Å². The summed E-state index contributed by atoms with van der Waals surface area (Å²) in [5, 5.41) is 0. The Hall–Kier alpha value is -0.880. The van der Waals surface area contributed by atoms with E-state index in [9.17, 15) is 0 Å². The SMILES string of the molecule is Cc1ccc(CN2CC3(C[C@H](OCc4cccnc4)CS3)C2)s1. The van der Waals surface area contributed by atoms with Gasteiger partial charge in [-0.3, -0.25) is 9.88 Å². The zero-order chi connectivity index (χ0) is 15.7. The fourth-order valence-corrected chi connectivity index (χ4v) is 6.04. The predicted molar refractivity (Wildman–Crippen MR) is 97.0 cm³/mol. The lowest BCUT2D eigenvalue weighted by molar-refractivity contribution is 0.0265. The number of hydrogen-bond acceptors (Lipinski definition) is 5. The highest BCUT2D eigenvalue weighted by atomic mass is 32.2. The van der Waals surface area contributed by atoms with E-state index in [4.69, 9.17) is 4.74 Å². The third-order valence-electron chi connectivity index (χ3n) is 4.58. The Morgan fingerprint density at radius 2 is 2.26 bits per heavy atom. The highest BCUT2D eigenvalue weighted by molar-refractivity contribution is 8.01. The van der Waals surface area contributed by atoms with Gasteiger partial charge in [0.05, 0.1) is 12.7 Å². The molecule has 5 heteroatoms. The topological polar surface area (TPSA) is 25.4 Å². The van der Waals surface area contributed by atoms with Gasteiger partial charge in [-0.15, -0.1) is 23.1 Å². The van der Waals surface area contributed by atoms with Crippen LogP contribution in [-0.2, 0) is 17.9 Å². The Morgan fingerprint density at radius 3 is 3.00 bits per heavy atom. The average molecular weight is 347 g/mol. The van der Waals surface area contributed by atoms with Gasteiger partial charge in [-0.05, 0) is 37.1 Å². The minimum absolute atomic E-state index is 0.395. The van der Waals surface area contributed by atoms with Crippen LogP contribution < -0.4 is 0 Å². The molecule has 2 aliphatic rings. The Bertz CT molecular complexity index is 652. The van der Waals surface area contributed by atoms with E-state index in [0.717, 1.165) is 12.3 Å². The molecule has 0 aliphatic carbocycles. The standard InChI is InChI=1S/C18H22N2OS2/c1-14-4-5-17(23-14)9-20-12-18(13-20)7-16(11-22-18)21-10-15-3-2-6-19-8-15/h2-6,8,16H,7,9-13H2,1H3/t16-/m0/s1. The van der Waals surface area contributed by atoms with Gasteiger partial charge < -0.3 is 4.74 Å². The van der Waals surface area contributed by atoms with Gasteiger partial charge in [-0.2, -0.15) is 0 Å². The zero-order valence-electron chi connectivity index (χ0n) is 13.4. The molecule has 23 heavy (non-hydrogen) atoms. The number of pyridine rings is 1. The van der Waals surface area contributed by atoms with Gasteiger partial charge in [0.2, 0.25) is 0 Å². The van der Waals surface area contributed by atoms with Crippen molar-refractivity contribution in [3.63, 3.8) is 0 Å². The lowest BCUT2D eigenvalue weighted by Gasteiger charge is -2.47. The van der Waals surface area contributed by atoms with Crippen molar-refractivity contribution in [3.05, 3.63) is 52.0 Å². The lowest BCUT2D eigenvalue weighted by Crippen LogP contribution is -2.58. The van der Waals surface area contributed by atoms with E-state index in [0.29, 0.717) is 17.5 Å². The van der Waals surface area contributed by atoms with Gasteiger partial charge in [-0.1, -0.05) is 6.07 Å². The molecule has 2 saturated heterocycles. The van der Waals surface area contributed by atoms with E-state index in [2.05, 4.69) is 46.8 Å². The molecule has 0 aromatic carbocycles. The lowest BCUT2D eigenvalue weighted by atomic mass is 9.93. The van der Waals surface area contributed by atoms with Gasteiger partial charge in [0.1, 0.15) is 0 Å². The first-order valence-corrected chi connectivity index (χ1v) is 9.93. The van der Waals surface area contributed by atoms with Crippen LogP contribution in [0, 0.1) is 6.92 Å². The number of thiophene rings is 1. The third kappa shape index (κ3) is 3.63. The number of thioether (sulfide) groups is 1. The van der Waals surface area contributed by atoms with E-state index in [1.807, 2.05) is 29.8 Å². The molecular weight excluding hydrogens is 324 g/mol. The fraction of sp³-hybridized carbons (Fsp3) is 0.500.